The molecule has 2 aromatic rings. The number of hydrogen-bond donors (Lipinski definition) is 2. The van der Waals surface area contributed by atoms with Gasteiger partial charge in [0.25, 0.3) is 0 Å². The number of carbonyl (C=O) groups excluding carboxylic acids is 2. The predicted octanol–water partition coefficient (Wildman–Crippen LogP) is 4.13. The lowest BCUT2D eigenvalue weighted by Gasteiger charge is -2.11. The topological polar surface area (TPSA) is 61.4 Å². The number of amides is 2. The van der Waals surface area contributed by atoms with Crippen LogP contribution in [0.4, 0.5) is 5.69 Å². The van der Waals surface area contributed by atoms with Crippen LogP contribution in [0.5, 0.6) is 0 Å². The highest BCUT2D eigenvalue weighted by Gasteiger charge is 2.06. The van der Waals surface area contributed by atoms with E-state index in [4.69, 9.17) is 23.2 Å². The smallest absolute Gasteiger partial charge is 0.238 e. The Balaban J connectivity index is 1.75. The molecule has 0 atom stereocenters. The first-order valence-corrected chi connectivity index (χ1v) is 9.83. The van der Waals surface area contributed by atoms with E-state index in [1.807, 2.05) is 50.5 Å². The van der Waals surface area contributed by atoms with Gasteiger partial charge in [-0.25, -0.2) is 0 Å². The van der Waals surface area contributed by atoms with Crippen LogP contribution in [0.25, 0.3) is 0 Å². The molecule has 0 aliphatic carbocycles. The number of likely N-dealkylation sites (N-methyl/N-ethyl adjacent to an activating group) is 1. The second kappa shape index (κ2) is 11.1. The van der Waals surface area contributed by atoms with Gasteiger partial charge in [-0.05, 0) is 62.3 Å². The Labute approximate surface area is 176 Å². The van der Waals surface area contributed by atoms with E-state index in [9.17, 15) is 9.59 Å². The van der Waals surface area contributed by atoms with E-state index in [1.54, 1.807) is 11.0 Å². The Hall–Kier alpha value is -2.08. The molecule has 150 valence electrons. The lowest BCUT2D eigenvalue weighted by Crippen LogP contribution is -2.27. The highest BCUT2D eigenvalue weighted by molar-refractivity contribution is 6.42. The van der Waals surface area contributed by atoms with Crippen molar-refractivity contribution in [2.75, 3.05) is 26.0 Å². The van der Waals surface area contributed by atoms with Crippen molar-refractivity contribution in [3.63, 3.8) is 0 Å². The van der Waals surface area contributed by atoms with E-state index in [2.05, 4.69) is 10.6 Å². The van der Waals surface area contributed by atoms with Crippen LogP contribution >= 0.6 is 23.2 Å². The molecule has 0 saturated heterocycles. The average Bonchev–Trinajstić information content (AvgIpc) is 2.62. The van der Waals surface area contributed by atoms with Crippen LogP contribution in [0.15, 0.2) is 42.5 Å². The first-order chi connectivity index (χ1) is 13.3. The van der Waals surface area contributed by atoms with Gasteiger partial charge in [0.2, 0.25) is 11.8 Å². The second-order valence-electron chi connectivity index (χ2n) is 6.87. The summed E-state index contributed by atoms with van der Waals surface area (Å²) < 4.78 is 0. The van der Waals surface area contributed by atoms with Crippen LogP contribution < -0.4 is 10.6 Å². The Morgan fingerprint density at radius 3 is 2.46 bits per heavy atom. The molecule has 0 spiro atoms. The molecule has 2 N–H and O–H groups in total. The molecule has 0 heterocycles. The Morgan fingerprint density at radius 2 is 1.75 bits per heavy atom. The fourth-order valence-electron chi connectivity index (χ4n) is 2.68. The van der Waals surface area contributed by atoms with Crippen LogP contribution in [0.1, 0.15) is 24.0 Å². The fraction of sp³-hybridized carbons (Fsp3) is 0.333. The molecule has 28 heavy (non-hydrogen) atoms. The van der Waals surface area contributed by atoms with Crippen molar-refractivity contribution in [3.8, 4) is 0 Å². The lowest BCUT2D eigenvalue weighted by molar-refractivity contribution is -0.121. The lowest BCUT2D eigenvalue weighted by atomic mass is 10.1. The molecule has 7 heteroatoms. The third-order valence-electron chi connectivity index (χ3n) is 4.01. The monoisotopic (exact) mass is 421 g/mol. The van der Waals surface area contributed by atoms with Crippen molar-refractivity contribution in [3.05, 3.63) is 63.6 Å². The van der Waals surface area contributed by atoms with Gasteiger partial charge >= 0.3 is 0 Å². The quantitative estimate of drug-likeness (QED) is 0.639. The summed E-state index contributed by atoms with van der Waals surface area (Å²) in [5.74, 6) is -0.0874. The molecular weight excluding hydrogens is 397 g/mol. The number of nitrogens with zero attached hydrogens (tertiary/aromatic N) is 1. The molecule has 0 aliphatic heterocycles. The third kappa shape index (κ3) is 7.89. The molecule has 2 rings (SSSR count). The van der Waals surface area contributed by atoms with Gasteiger partial charge in [0.15, 0.2) is 0 Å². The van der Waals surface area contributed by atoms with Crippen LogP contribution in [0.2, 0.25) is 10.0 Å². The highest BCUT2D eigenvalue weighted by Crippen LogP contribution is 2.23. The van der Waals surface area contributed by atoms with E-state index >= 15 is 0 Å². The van der Waals surface area contributed by atoms with Crippen molar-refractivity contribution in [2.45, 2.75) is 25.8 Å². The minimum atomic E-state index is -0.0755. The minimum absolute atomic E-state index is 0.0119. The van der Waals surface area contributed by atoms with Crippen LogP contribution in [0.3, 0.4) is 0 Å². The number of benzene rings is 2. The van der Waals surface area contributed by atoms with E-state index in [0.29, 0.717) is 29.6 Å². The Morgan fingerprint density at radius 1 is 0.964 bits per heavy atom. The third-order valence-corrected chi connectivity index (χ3v) is 4.75. The zero-order valence-corrected chi connectivity index (χ0v) is 17.6. The van der Waals surface area contributed by atoms with Gasteiger partial charge < -0.3 is 15.5 Å². The normalized spacial score (nSPS) is 10.8. The summed E-state index contributed by atoms with van der Waals surface area (Å²) in [5.41, 5.74) is 2.71. The van der Waals surface area contributed by atoms with Gasteiger partial charge in [-0.15, -0.1) is 0 Å². The largest absolute Gasteiger partial charge is 0.352 e. The molecule has 0 unspecified atom stereocenters. The van der Waals surface area contributed by atoms with Crippen molar-refractivity contribution in [1.29, 1.82) is 0 Å². The summed E-state index contributed by atoms with van der Waals surface area (Å²) in [4.78, 5) is 25.7. The van der Waals surface area contributed by atoms with Gasteiger partial charge in [-0.2, -0.15) is 0 Å². The van der Waals surface area contributed by atoms with Crippen molar-refractivity contribution < 1.29 is 9.59 Å². The van der Waals surface area contributed by atoms with Crippen molar-refractivity contribution >= 4 is 40.7 Å². The maximum Gasteiger partial charge on any atom is 0.238 e. The molecule has 0 bridgehead atoms. The molecule has 0 radical (unpaired) electrons. The standard InChI is InChI=1S/C21H25Cl2N3O2/c1-26(2)14-21(28)25-17-7-3-6-16(11-17)13-24-20(27)8-4-5-15-9-10-18(22)19(23)12-15/h3,6-7,9-12H,4-5,8,13-14H2,1-2H3,(H,24,27)(H,25,28). The second-order valence-corrected chi connectivity index (χ2v) is 7.68. The number of aryl methyl sites for hydroxylation is 1. The molecule has 0 aromatic heterocycles. The zero-order valence-electron chi connectivity index (χ0n) is 16.1. The summed E-state index contributed by atoms with van der Waals surface area (Å²) in [6.07, 6.45) is 1.92. The minimum Gasteiger partial charge on any atom is -0.352 e. The summed E-state index contributed by atoms with van der Waals surface area (Å²) in [7, 11) is 3.68. The number of nitrogens with one attached hydrogen (secondary N) is 2. The molecule has 0 saturated carbocycles. The van der Waals surface area contributed by atoms with Gasteiger partial charge in [0.05, 0.1) is 16.6 Å². The number of halogens is 2. The highest BCUT2D eigenvalue weighted by atomic mass is 35.5. The molecule has 5 nitrogen and oxygen atoms in total. The number of rotatable bonds is 9. The number of anilines is 1. The molecule has 2 aromatic carbocycles. The fourth-order valence-corrected chi connectivity index (χ4v) is 3.00. The zero-order chi connectivity index (χ0) is 20.5. The van der Waals surface area contributed by atoms with Gasteiger partial charge in [0, 0.05) is 18.7 Å². The summed E-state index contributed by atoms with van der Waals surface area (Å²) in [5, 5.41) is 6.82. The maximum atomic E-state index is 12.1. The van der Waals surface area contributed by atoms with Gasteiger partial charge in [-0.3, -0.25) is 9.59 Å². The van der Waals surface area contributed by atoms with Crippen LogP contribution in [-0.4, -0.2) is 37.4 Å². The molecule has 2 amide bonds. The van der Waals surface area contributed by atoms with E-state index in [0.717, 1.165) is 29.7 Å². The van der Waals surface area contributed by atoms with Crippen LogP contribution in [0, 0.1) is 0 Å². The van der Waals surface area contributed by atoms with Gasteiger partial charge in [0.1, 0.15) is 0 Å². The molecule has 0 fully saturated rings. The van der Waals surface area contributed by atoms with E-state index < -0.39 is 0 Å². The molecular formula is C21H25Cl2N3O2. The van der Waals surface area contributed by atoms with Gasteiger partial charge in [-0.1, -0.05) is 41.4 Å². The Bertz CT molecular complexity index is 825. The maximum absolute atomic E-state index is 12.1. The predicted molar refractivity (Wildman–Crippen MR) is 115 cm³/mol. The van der Waals surface area contributed by atoms with E-state index in [1.165, 1.54) is 0 Å². The van der Waals surface area contributed by atoms with Crippen molar-refractivity contribution in [1.82, 2.24) is 10.2 Å². The number of hydrogen-bond acceptors (Lipinski definition) is 3. The summed E-state index contributed by atoms with van der Waals surface area (Å²) >= 11 is 11.9. The van der Waals surface area contributed by atoms with E-state index in [-0.39, 0.29) is 11.8 Å². The van der Waals surface area contributed by atoms with Crippen LogP contribution in [-0.2, 0) is 22.6 Å². The molecule has 0 aliphatic rings. The SMILES string of the molecule is CN(C)CC(=O)Nc1cccc(CNC(=O)CCCc2ccc(Cl)c(Cl)c2)c1. The Kier molecular flexibility index (Phi) is 8.77. The summed E-state index contributed by atoms with van der Waals surface area (Å²) in [6, 6.07) is 13.0. The average molecular weight is 422 g/mol. The van der Waals surface area contributed by atoms with Crippen molar-refractivity contribution in [2.24, 2.45) is 0 Å². The first-order valence-electron chi connectivity index (χ1n) is 9.07. The number of carbonyl (C=O) groups is 2. The first kappa shape index (κ1) is 22.2. The summed E-state index contributed by atoms with van der Waals surface area (Å²) in [6.45, 7) is 0.739.